The van der Waals surface area contributed by atoms with E-state index >= 15 is 0 Å². The molecule has 4 atom stereocenters. The van der Waals surface area contributed by atoms with Crippen LogP contribution in [0.1, 0.15) is 19.0 Å². The zero-order chi connectivity index (χ0) is 15.4. The van der Waals surface area contributed by atoms with Gasteiger partial charge in [-0.15, -0.1) is 0 Å². The summed E-state index contributed by atoms with van der Waals surface area (Å²) in [6, 6.07) is 1.49. The fourth-order valence-corrected chi connectivity index (χ4v) is 3.10. The Labute approximate surface area is 126 Å². The highest BCUT2D eigenvalue weighted by atomic mass is 32.2. The van der Waals surface area contributed by atoms with Crippen molar-refractivity contribution in [3.63, 3.8) is 0 Å². The van der Waals surface area contributed by atoms with Gasteiger partial charge >= 0.3 is 0 Å². The molecule has 0 saturated carbocycles. The van der Waals surface area contributed by atoms with Crippen molar-refractivity contribution < 1.29 is 19.7 Å². The van der Waals surface area contributed by atoms with Gasteiger partial charge in [-0.1, -0.05) is 25.1 Å². The van der Waals surface area contributed by atoms with Gasteiger partial charge in [0.1, 0.15) is 12.2 Å². The molecule has 8 heteroatoms. The number of hydrogen-bond acceptors (Lipinski definition) is 7. The summed E-state index contributed by atoms with van der Waals surface area (Å²) in [4.78, 5) is 18.5. The maximum Gasteiger partial charge on any atom is 0.251 e. The fourth-order valence-electron chi connectivity index (χ4n) is 2.14. The molecule has 0 aromatic carbocycles. The van der Waals surface area contributed by atoms with Crippen molar-refractivity contribution in [1.29, 1.82) is 0 Å². The monoisotopic (exact) mass is 316 g/mol. The zero-order valence-electron chi connectivity index (χ0n) is 12.0. The lowest BCUT2D eigenvalue weighted by Gasteiger charge is -2.13. The molecule has 1 fully saturated rings. The Morgan fingerprint density at radius 3 is 2.86 bits per heavy atom. The number of methoxy groups -OCH3 is 1. The van der Waals surface area contributed by atoms with Gasteiger partial charge in [-0.25, -0.2) is 4.98 Å². The molecule has 0 amide bonds. The first-order valence-corrected chi connectivity index (χ1v) is 7.81. The zero-order valence-corrected chi connectivity index (χ0v) is 12.8. The van der Waals surface area contributed by atoms with Crippen LogP contribution in [0.4, 0.5) is 0 Å². The number of thioether (sulfide) groups is 1. The van der Waals surface area contributed by atoms with Crippen molar-refractivity contribution in [3.8, 4) is 0 Å². The molecule has 1 saturated heterocycles. The topological polar surface area (TPSA) is 105 Å². The van der Waals surface area contributed by atoms with Crippen molar-refractivity contribution in [2.75, 3.05) is 12.9 Å². The Hall–Kier alpha value is -0.930. The summed E-state index contributed by atoms with van der Waals surface area (Å²) in [6.07, 6.45) is -1.84. The average molecular weight is 316 g/mol. The lowest BCUT2D eigenvalue weighted by molar-refractivity contribution is -0.145. The molecule has 1 aliphatic heterocycles. The normalized spacial score (nSPS) is 29.0. The molecule has 1 aromatic heterocycles. The minimum absolute atomic E-state index is 0.196. The first-order chi connectivity index (χ1) is 10.0. The maximum absolute atomic E-state index is 11.5. The molecule has 1 aliphatic rings. The van der Waals surface area contributed by atoms with Crippen molar-refractivity contribution in [2.24, 2.45) is 0 Å². The molecule has 0 spiro atoms. The van der Waals surface area contributed by atoms with Crippen molar-refractivity contribution in [1.82, 2.24) is 9.97 Å². The summed E-state index contributed by atoms with van der Waals surface area (Å²) < 4.78 is 10.3. The molecule has 0 radical (unpaired) electrons. The van der Waals surface area contributed by atoms with E-state index in [0.717, 1.165) is 18.5 Å². The summed E-state index contributed by atoms with van der Waals surface area (Å²) in [5.74, 6) is 0.358. The van der Waals surface area contributed by atoms with E-state index < -0.39 is 24.6 Å². The Morgan fingerprint density at radius 1 is 1.48 bits per heavy atom. The highest BCUT2D eigenvalue weighted by Crippen LogP contribution is 2.26. The molecule has 0 aliphatic carbocycles. The molecule has 2 rings (SSSR count). The van der Waals surface area contributed by atoms with Gasteiger partial charge in [0.05, 0.1) is 6.10 Å². The van der Waals surface area contributed by atoms with Crippen LogP contribution in [0.3, 0.4) is 0 Å². The summed E-state index contributed by atoms with van der Waals surface area (Å²) >= 11 is 1.27. The van der Waals surface area contributed by atoms with Gasteiger partial charge in [0.25, 0.3) is 5.56 Å². The van der Waals surface area contributed by atoms with Crippen molar-refractivity contribution >= 4 is 11.8 Å². The van der Waals surface area contributed by atoms with E-state index in [1.165, 1.54) is 24.9 Å². The third kappa shape index (κ3) is 4.04. The predicted octanol–water partition coefficient (Wildman–Crippen LogP) is -0.0924. The summed E-state index contributed by atoms with van der Waals surface area (Å²) in [5.41, 5.74) is 0.546. The van der Waals surface area contributed by atoms with Gasteiger partial charge in [-0.3, -0.25) is 4.79 Å². The molecule has 4 unspecified atom stereocenters. The number of rotatable bonds is 6. The van der Waals surface area contributed by atoms with Crippen LogP contribution in [0.15, 0.2) is 16.0 Å². The Bertz CT molecular complexity index is 524. The number of ether oxygens (including phenoxy) is 2. The van der Waals surface area contributed by atoms with Crippen LogP contribution in [0.2, 0.25) is 0 Å². The number of nitrogens with one attached hydrogen (secondary N) is 1. The Kier molecular flexibility index (Phi) is 5.77. The maximum atomic E-state index is 11.5. The van der Waals surface area contributed by atoms with Gasteiger partial charge in [0.2, 0.25) is 0 Å². The quantitative estimate of drug-likeness (QED) is 0.497. The number of aliphatic hydroxyl groups is 2. The molecular weight excluding hydrogens is 296 g/mol. The number of aromatic nitrogens is 2. The number of aliphatic hydroxyl groups excluding tert-OH is 2. The third-order valence-corrected chi connectivity index (χ3v) is 4.18. The molecule has 0 bridgehead atoms. The largest absolute Gasteiger partial charge is 0.387 e. The van der Waals surface area contributed by atoms with Crippen LogP contribution in [0.25, 0.3) is 0 Å². The number of aryl methyl sites for hydroxylation is 1. The van der Waals surface area contributed by atoms with Gasteiger partial charge in [0.15, 0.2) is 11.4 Å². The van der Waals surface area contributed by atoms with Crippen molar-refractivity contribution in [3.05, 3.63) is 22.1 Å². The van der Waals surface area contributed by atoms with E-state index in [4.69, 9.17) is 9.47 Å². The molecule has 7 nitrogen and oxygen atoms in total. The van der Waals surface area contributed by atoms with Gasteiger partial charge < -0.3 is 24.7 Å². The third-order valence-electron chi connectivity index (χ3n) is 3.21. The van der Waals surface area contributed by atoms with Crippen LogP contribution in [-0.4, -0.2) is 57.6 Å². The standard InChI is InChI=1S/C13H20N2O5S/c1-3-4-7-5-9(16)15-13(14-7)21-6-8-10(17)11(18)12(19-2)20-8/h5,8,10-12,17-18H,3-4,6H2,1-2H3,(H,14,15,16). The van der Waals surface area contributed by atoms with E-state index in [9.17, 15) is 15.0 Å². The molecule has 118 valence electrons. The second-order valence-corrected chi connectivity index (χ2v) is 5.87. The predicted molar refractivity (Wildman–Crippen MR) is 77.3 cm³/mol. The first-order valence-electron chi connectivity index (χ1n) is 6.82. The van der Waals surface area contributed by atoms with Gasteiger partial charge in [0, 0.05) is 24.6 Å². The minimum Gasteiger partial charge on any atom is -0.387 e. The second kappa shape index (κ2) is 7.37. The lowest BCUT2D eigenvalue weighted by Crippen LogP contribution is -2.33. The lowest BCUT2D eigenvalue weighted by atomic mass is 10.2. The van der Waals surface area contributed by atoms with Crippen LogP contribution >= 0.6 is 11.8 Å². The number of nitrogens with zero attached hydrogens (tertiary/aromatic N) is 1. The number of hydrogen-bond donors (Lipinski definition) is 3. The van der Waals surface area contributed by atoms with E-state index in [1.807, 2.05) is 6.92 Å². The molecule has 21 heavy (non-hydrogen) atoms. The van der Waals surface area contributed by atoms with Gasteiger partial charge in [-0.2, -0.15) is 0 Å². The molecular formula is C13H20N2O5S. The summed E-state index contributed by atoms with van der Waals surface area (Å²) in [7, 11) is 1.41. The summed E-state index contributed by atoms with van der Waals surface area (Å²) in [6.45, 7) is 2.02. The van der Waals surface area contributed by atoms with E-state index in [0.29, 0.717) is 10.9 Å². The summed E-state index contributed by atoms with van der Waals surface area (Å²) in [5, 5.41) is 20.1. The van der Waals surface area contributed by atoms with Crippen LogP contribution in [-0.2, 0) is 15.9 Å². The highest BCUT2D eigenvalue weighted by molar-refractivity contribution is 7.99. The Morgan fingerprint density at radius 2 is 2.24 bits per heavy atom. The van der Waals surface area contributed by atoms with E-state index in [1.54, 1.807) is 0 Å². The van der Waals surface area contributed by atoms with Crippen molar-refractivity contribution in [2.45, 2.75) is 49.5 Å². The fraction of sp³-hybridized carbons (Fsp3) is 0.692. The smallest absolute Gasteiger partial charge is 0.251 e. The van der Waals surface area contributed by atoms with Crippen LogP contribution in [0, 0.1) is 0 Å². The number of H-pyrrole nitrogens is 1. The highest BCUT2D eigenvalue weighted by Gasteiger charge is 2.42. The SMILES string of the molecule is CCCc1cc(=O)[nH]c(SCC2OC(OC)C(O)C2O)n1. The average Bonchev–Trinajstić information content (AvgIpc) is 2.72. The van der Waals surface area contributed by atoms with Crippen LogP contribution in [0.5, 0.6) is 0 Å². The van der Waals surface area contributed by atoms with E-state index in [2.05, 4.69) is 9.97 Å². The number of aromatic amines is 1. The van der Waals surface area contributed by atoms with Crippen LogP contribution < -0.4 is 5.56 Å². The van der Waals surface area contributed by atoms with Gasteiger partial charge in [-0.05, 0) is 6.42 Å². The molecule has 3 N–H and O–H groups in total. The molecule has 1 aromatic rings. The van der Waals surface area contributed by atoms with E-state index in [-0.39, 0.29) is 5.56 Å². The first kappa shape index (κ1) is 16.4. The minimum atomic E-state index is -1.07. The second-order valence-electron chi connectivity index (χ2n) is 4.86. The Balaban J connectivity index is 1.98. The molecule has 2 heterocycles.